The summed E-state index contributed by atoms with van der Waals surface area (Å²) in [7, 11) is 0. The van der Waals surface area contributed by atoms with Crippen LogP contribution in [0.3, 0.4) is 0 Å². The first-order valence-electron chi connectivity index (χ1n) is 12.0. The molecule has 8 heteroatoms. The molecule has 1 aliphatic heterocycles. The number of aromatic nitrogens is 1. The number of hydrogen-bond acceptors (Lipinski definition) is 6. The molecule has 1 saturated carbocycles. The minimum atomic E-state index is -0.672. The summed E-state index contributed by atoms with van der Waals surface area (Å²) < 4.78 is 6.01. The first-order valence-corrected chi connectivity index (χ1v) is 12.0. The molecule has 182 valence electrons. The van der Waals surface area contributed by atoms with Crippen LogP contribution in [0.4, 0.5) is 0 Å². The second-order valence-electron chi connectivity index (χ2n) is 9.83. The molecule has 8 nitrogen and oxygen atoms in total. The van der Waals surface area contributed by atoms with Crippen LogP contribution in [0.1, 0.15) is 53.7 Å². The Bertz CT molecular complexity index is 1240. The van der Waals surface area contributed by atoms with Gasteiger partial charge < -0.3 is 15.4 Å². The fourth-order valence-electron chi connectivity index (χ4n) is 5.07. The number of hydrogen-bond donors (Lipinski definition) is 4. The summed E-state index contributed by atoms with van der Waals surface area (Å²) in [5.41, 5.74) is 4.63. The fourth-order valence-corrected chi connectivity index (χ4v) is 5.07. The molecule has 2 amide bonds. The van der Waals surface area contributed by atoms with Gasteiger partial charge in [0.25, 0.3) is 5.91 Å². The van der Waals surface area contributed by atoms with E-state index in [1.165, 1.54) is 0 Å². The molecule has 1 saturated heterocycles. The molecule has 0 radical (unpaired) electrons. The van der Waals surface area contributed by atoms with Crippen LogP contribution in [0.5, 0.6) is 5.75 Å². The molecule has 0 atom stereocenters. The Morgan fingerprint density at radius 2 is 1.80 bits per heavy atom. The Morgan fingerprint density at radius 1 is 1.09 bits per heavy atom. The zero-order valence-electron chi connectivity index (χ0n) is 19.8. The summed E-state index contributed by atoms with van der Waals surface area (Å²) in [4.78, 5) is 29.6. The molecular formula is C27H30N4O4. The molecule has 0 bridgehead atoms. The van der Waals surface area contributed by atoms with Gasteiger partial charge in [0.05, 0.1) is 11.9 Å². The standard InChI is InChI=1S/C27H30N4O4/c1-18-14-20(22-4-2-3-5-23(22)29-18)16-35-21-8-6-19(7-9-21)25(33)30-26(15-24(32)31-34)10-12-27(13-11-26)17-28-27/h2-9,14,28,34H,10-13,15-17H2,1H3,(H,30,33)(H,31,32). The van der Waals surface area contributed by atoms with Crippen LogP contribution < -0.4 is 20.9 Å². The largest absolute Gasteiger partial charge is 0.489 e. The van der Waals surface area contributed by atoms with Gasteiger partial charge in [0.1, 0.15) is 12.4 Å². The predicted molar refractivity (Wildman–Crippen MR) is 131 cm³/mol. The number of aryl methyl sites for hydroxylation is 1. The summed E-state index contributed by atoms with van der Waals surface area (Å²) >= 11 is 0. The third kappa shape index (κ3) is 5.13. The highest BCUT2D eigenvalue weighted by Crippen LogP contribution is 2.41. The summed E-state index contributed by atoms with van der Waals surface area (Å²) in [5, 5.41) is 16.6. The van der Waals surface area contributed by atoms with Gasteiger partial charge in [0.2, 0.25) is 5.91 Å². The average molecular weight is 475 g/mol. The van der Waals surface area contributed by atoms with Crippen molar-refractivity contribution in [1.82, 2.24) is 21.1 Å². The molecule has 3 aromatic rings. The predicted octanol–water partition coefficient (Wildman–Crippen LogP) is 3.40. The van der Waals surface area contributed by atoms with Crippen molar-refractivity contribution in [2.24, 2.45) is 0 Å². The normalized spacial score (nSPS) is 23.1. The molecular weight excluding hydrogens is 444 g/mol. The lowest BCUT2D eigenvalue weighted by molar-refractivity contribution is -0.131. The number of ether oxygens (including phenoxy) is 1. The lowest BCUT2D eigenvalue weighted by Gasteiger charge is -2.40. The fraction of sp³-hybridized carbons (Fsp3) is 0.370. The minimum absolute atomic E-state index is 0.0474. The van der Waals surface area contributed by atoms with Crippen LogP contribution in [0.25, 0.3) is 10.9 Å². The van der Waals surface area contributed by atoms with Crippen LogP contribution in [-0.2, 0) is 11.4 Å². The van der Waals surface area contributed by atoms with Crippen LogP contribution in [0, 0.1) is 6.92 Å². The lowest BCUT2D eigenvalue weighted by atomic mass is 9.74. The number of pyridine rings is 1. The summed E-state index contributed by atoms with van der Waals surface area (Å²) in [6, 6.07) is 17.0. The number of hydroxylamine groups is 1. The Hall–Kier alpha value is -3.49. The first-order chi connectivity index (χ1) is 16.9. The van der Waals surface area contributed by atoms with E-state index < -0.39 is 11.4 Å². The molecule has 2 fully saturated rings. The van der Waals surface area contributed by atoms with Gasteiger partial charge in [-0.25, -0.2) is 5.48 Å². The topological polar surface area (TPSA) is 122 Å². The van der Waals surface area contributed by atoms with Gasteiger partial charge in [-0.2, -0.15) is 0 Å². The maximum Gasteiger partial charge on any atom is 0.251 e. The average Bonchev–Trinajstić information content (AvgIpc) is 3.64. The van der Waals surface area contributed by atoms with Gasteiger partial charge >= 0.3 is 0 Å². The van der Waals surface area contributed by atoms with Crippen LogP contribution >= 0.6 is 0 Å². The molecule has 2 aliphatic rings. The van der Waals surface area contributed by atoms with E-state index in [9.17, 15) is 9.59 Å². The van der Waals surface area contributed by atoms with Crippen molar-refractivity contribution in [3.05, 3.63) is 71.4 Å². The van der Waals surface area contributed by atoms with Crippen molar-refractivity contribution in [2.75, 3.05) is 6.54 Å². The highest BCUT2D eigenvalue weighted by atomic mass is 16.5. The van der Waals surface area contributed by atoms with E-state index in [0.717, 1.165) is 41.5 Å². The third-order valence-corrected chi connectivity index (χ3v) is 7.28. The number of para-hydroxylation sites is 1. The number of fused-ring (bicyclic) bond motifs is 1. The molecule has 1 spiro atoms. The van der Waals surface area contributed by atoms with Crippen molar-refractivity contribution < 1.29 is 19.5 Å². The molecule has 1 aliphatic carbocycles. The molecule has 5 rings (SSSR count). The molecule has 2 heterocycles. The molecule has 0 unspecified atom stereocenters. The monoisotopic (exact) mass is 474 g/mol. The van der Waals surface area contributed by atoms with E-state index in [1.807, 2.05) is 37.3 Å². The van der Waals surface area contributed by atoms with E-state index >= 15 is 0 Å². The van der Waals surface area contributed by atoms with Crippen molar-refractivity contribution in [3.8, 4) is 5.75 Å². The van der Waals surface area contributed by atoms with Gasteiger partial charge in [-0.3, -0.25) is 19.8 Å². The lowest BCUT2D eigenvalue weighted by Crippen LogP contribution is -2.54. The summed E-state index contributed by atoms with van der Waals surface area (Å²) in [6.07, 6.45) is 3.19. The SMILES string of the molecule is Cc1cc(COc2ccc(C(=O)NC3(CC(=O)NO)CCC4(CC3)CN4)cc2)c2ccccc2n1. The number of rotatable bonds is 7. The van der Waals surface area contributed by atoms with Gasteiger partial charge in [-0.1, -0.05) is 18.2 Å². The zero-order valence-corrected chi connectivity index (χ0v) is 19.8. The van der Waals surface area contributed by atoms with Crippen LogP contribution in [0.15, 0.2) is 54.6 Å². The Balaban J connectivity index is 1.25. The first kappa shape index (κ1) is 23.3. The Labute approximate surface area is 204 Å². The van der Waals surface area contributed by atoms with Crippen LogP contribution in [-0.4, -0.2) is 39.6 Å². The number of nitrogens with zero attached hydrogens (tertiary/aromatic N) is 1. The van der Waals surface area contributed by atoms with Crippen LogP contribution in [0.2, 0.25) is 0 Å². The van der Waals surface area contributed by atoms with E-state index in [4.69, 9.17) is 9.94 Å². The maximum absolute atomic E-state index is 13.1. The number of nitrogens with one attached hydrogen (secondary N) is 3. The molecule has 1 aromatic heterocycles. The van der Waals surface area contributed by atoms with E-state index in [1.54, 1.807) is 29.7 Å². The van der Waals surface area contributed by atoms with Crippen molar-refractivity contribution in [2.45, 2.75) is 56.7 Å². The van der Waals surface area contributed by atoms with Gasteiger partial charge in [0.15, 0.2) is 0 Å². The third-order valence-electron chi connectivity index (χ3n) is 7.28. The van der Waals surface area contributed by atoms with E-state index in [-0.39, 0.29) is 17.9 Å². The molecule has 35 heavy (non-hydrogen) atoms. The Kier molecular flexibility index (Phi) is 6.17. The summed E-state index contributed by atoms with van der Waals surface area (Å²) in [6.45, 7) is 3.34. The Morgan fingerprint density at radius 3 is 2.49 bits per heavy atom. The van der Waals surface area contributed by atoms with E-state index in [2.05, 4.69) is 15.6 Å². The van der Waals surface area contributed by atoms with Crippen molar-refractivity contribution in [1.29, 1.82) is 0 Å². The number of amides is 2. The van der Waals surface area contributed by atoms with Gasteiger partial charge in [-0.05, 0) is 69.0 Å². The highest BCUT2D eigenvalue weighted by Gasteiger charge is 2.50. The van der Waals surface area contributed by atoms with Crippen molar-refractivity contribution >= 4 is 22.7 Å². The number of benzene rings is 2. The second-order valence-corrected chi connectivity index (χ2v) is 9.83. The van der Waals surface area contributed by atoms with Gasteiger partial charge in [-0.15, -0.1) is 0 Å². The van der Waals surface area contributed by atoms with Crippen molar-refractivity contribution in [3.63, 3.8) is 0 Å². The number of carbonyl (C=O) groups excluding carboxylic acids is 2. The smallest absolute Gasteiger partial charge is 0.251 e. The molecule has 4 N–H and O–H groups in total. The highest BCUT2D eigenvalue weighted by molar-refractivity contribution is 5.95. The van der Waals surface area contributed by atoms with Gasteiger partial charge in [0, 0.05) is 39.8 Å². The molecule has 2 aromatic carbocycles. The quantitative estimate of drug-likeness (QED) is 0.237. The zero-order chi connectivity index (χ0) is 24.5. The number of carbonyl (C=O) groups is 2. The summed E-state index contributed by atoms with van der Waals surface area (Å²) in [5.74, 6) is -0.0701. The van der Waals surface area contributed by atoms with E-state index in [0.29, 0.717) is 30.8 Å². The minimum Gasteiger partial charge on any atom is -0.489 e. The second kappa shape index (κ2) is 9.28. The maximum atomic E-state index is 13.1.